The molecule has 0 bridgehead atoms. The highest BCUT2D eigenvalue weighted by Crippen LogP contribution is 2.26. The van der Waals surface area contributed by atoms with Crippen molar-refractivity contribution in [1.29, 1.82) is 0 Å². The van der Waals surface area contributed by atoms with E-state index in [2.05, 4.69) is 130 Å². The number of unbranched alkanes of at least 4 members (excludes halogenated alkanes) is 17. The number of carboxylic acid groups (broad SMARTS) is 1. The first kappa shape index (κ1) is 70.4. The van der Waals surface area contributed by atoms with Gasteiger partial charge in [-0.3, -0.25) is 14.4 Å². The Morgan fingerprint density at radius 3 is 1.26 bits per heavy atom. The summed E-state index contributed by atoms with van der Waals surface area (Å²) in [5.41, 5.74) is 0. The lowest BCUT2D eigenvalue weighted by Gasteiger charge is -2.40. The molecule has 0 spiro atoms. The Bertz CT molecular complexity index is 1750. The number of esters is 3. The molecule has 77 heavy (non-hydrogen) atoms. The van der Waals surface area contributed by atoms with Gasteiger partial charge in [0.05, 0.1) is 6.61 Å². The Labute approximate surface area is 465 Å². The van der Waals surface area contributed by atoms with Crippen molar-refractivity contribution in [3.8, 4) is 0 Å². The van der Waals surface area contributed by atoms with Crippen molar-refractivity contribution in [1.82, 2.24) is 0 Å². The van der Waals surface area contributed by atoms with Gasteiger partial charge in [0, 0.05) is 19.3 Å². The normalized spacial score (nSPS) is 18.8. The molecule has 0 saturated carbocycles. The highest BCUT2D eigenvalue weighted by Gasteiger charge is 2.50. The quantitative estimate of drug-likeness (QED) is 0.0228. The highest BCUT2D eigenvalue weighted by molar-refractivity contribution is 5.74. The summed E-state index contributed by atoms with van der Waals surface area (Å²) in [5, 5.41) is 31.5. The van der Waals surface area contributed by atoms with Crippen molar-refractivity contribution >= 4 is 23.9 Å². The van der Waals surface area contributed by atoms with Gasteiger partial charge in [0.25, 0.3) is 0 Å². The standard InChI is InChI=1S/C65H104O12/c1-4-7-10-13-16-19-22-24-26-28-29-31-32-34-37-39-42-45-48-51-57(66)73-54-56(75-58(67)52-49-46-43-41-38-35-33-30-27-25-23-20-17-14-11-8-5-2)55-74-65-63(61(70)60(69)62(77-65)64(71)72)76-59(68)53-50-47-44-40-36-21-18-15-12-9-6-3/h7-8,10-11,16-17,19-20,24-27,29,31,33-35,37,56,60-63,65,69-70H,4-6,9,12-15,18,21-23,28,30,32,36,38-55H2,1-3H3,(H,71,72)/b10-7-,11-8-,19-16-,20-17-,26-24-,27-25-,31-29-,35-33-,37-34-. The van der Waals surface area contributed by atoms with Crippen LogP contribution in [0.1, 0.15) is 226 Å². The van der Waals surface area contributed by atoms with E-state index in [1.807, 2.05) is 0 Å². The molecule has 6 unspecified atom stereocenters. The number of carboxylic acids is 1. The fourth-order valence-electron chi connectivity index (χ4n) is 8.33. The fraction of sp³-hybridized carbons (Fsp3) is 0.662. The van der Waals surface area contributed by atoms with Crippen molar-refractivity contribution in [3.05, 3.63) is 109 Å². The second-order valence-electron chi connectivity index (χ2n) is 19.9. The molecule has 0 amide bonds. The molecule has 436 valence electrons. The van der Waals surface area contributed by atoms with Crippen molar-refractivity contribution in [2.24, 2.45) is 0 Å². The summed E-state index contributed by atoms with van der Waals surface area (Å²) in [5.74, 6) is -3.20. The highest BCUT2D eigenvalue weighted by atomic mass is 16.7. The van der Waals surface area contributed by atoms with Crippen molar-refractivity contribution in [2.75, 3.05) is 13.2 Å². The number of aliphatic carboxylic acids is 1. The Kier molecular flexibility index (Phi) is 47.6. The number of carbonyl (C=O) groups excluding carboxylic acids is 3. The second kappa shape index (κ2) is 52.1. The minimum atomic E-state index is -1.91. The minimum absolute atomic E-state index is 0.0510. The summed E-state index contributed by atoms with van der Waals surface area (Å²) in [6.45, 7) is 5.69. The SMILES string of the molecule is CC/C=C\C/C=C\C/C=C\C/C=C\C/C=C\CCCCCC(=O)OCC(COC1OC(C(=O)O)C(O)C(O)C1OC(=O)CCCCCCCCCCCCC)OC(=O)CCCCCC/C=C\C/C=C\C/C=C\C/C=C\CC. The lowest BCUT2D eigenvalue weighted by molar-refractivity contribution is -0.301. The van der Waals surface area contributed by atoms with Crippen LogP contribution in [0.5, 0.6) is 0 Å². The van der Waals surface area contributed by atoms with E-state index in [9.17, 15) is 34.5 Å². The summed E-state index contributed by atoms with van der Waals surface area (Å²) in [4.78, 5) is 51.1. The third-order valence-corrected chi connectivity index (χ3v) is 12.8. The smallest absolute Gasteiger partial charge is 0.335 e. The number of allylic oxidation sites excluding steroid dienone is 18. The number of aliphatic hydroxyl groups excluding tert-OH is 2. The molecule has 0 aromatic carbocycles. The molecule has 1 aliphatic rings. The average Bonchev–Trinajstić information content (AvgIpc) is 3.42. The second-order valence-corrected chi connectivity index (χ2v) is 19.9. The largest absolute Gasteiger partial charge is 0.479 e. The molecule has 12 nitrogen and oxygen atoms in total. The maximum atomic E-state index is 13.2. The van der Waals surface area contributed by atoms with Crippen LogP contribution in [-0.4, -0.2) is 89.2 Å². The summed E-state index contributed by atoms with van der Waals surface area (Å²) in [6, 6.07) is 0. The third-order valence-electron chi connectivity index (χ3n) is 12.8. The molecule has 1 saturated heterocycles. The first-order valence-electron chi connectivity index (χ1n) is 29.9. The Morgan fingerprint density at radius 2 is 0.818 bits per heavy atom. The maximum Gasteiger partial charge on any atom is 0.335 e. The van der Waals surface area contributed by atoms with Crippen LogP contribution < -0.4 is 0 Å². The van der Waals surface area contributed by atoms with E-state index in [0.29, 0.717) is 19.3 Å². The van der Waals surface area contributed by atoms with Gasteiger partial charge in [-0.25, -0.2) is 4.79 Å². The van der Waals surface area contributed by atoms with E-state index in [4.69, 9.17) is 23.7 Å². The van der Waals surface area contributed by atoms with E-state index >= 15 is 0 Å². The molecular weight excluding hydrogens is 973 g/mol. The minimum Gasteiger partial charge on any atom is -0.479 e. The van der Waals surface area contributed by atoms with Crippen LogP contribution in [0.15, 0.2) is 109 Å². The van der Waals surface area contributed by atoms with Crippen LogP contribution in [0.2, 0.25) is 0 Å². The molecule has 6 atom stereocenters. The zero-order chi connectivity index (χ0) is 56.1. The summed E-state index contributed by atoms with van der Waals surface area (Å²) >= 11 is 0. The summed E-state index contributed by atoms with van der Waals surface area (Å²) < 4.78 is 28.4. The van der Waals surface area contributed by atoms with Gasteiger partial charge in [-0.2, -0.15) is 0 Å². The number of aliphatic hydroxyl groups is 2. The molecular formula is C65H104O12. The lowest BCUT2D eigenvalue weighted by Crippen LogP contribution is -2.61. The zero-order valence-electron chi connectivity index (χ0n) is 47.9. The van der Waals surface area contributed by atoms with E-state index in [-0.39, 0.29) is 25.9 Å². The van der Waals surface area contributed by atoms with Crippen LogP contribution in [0.3, 0.4) is 0 Å². The molecule has 12 heteroatoms. The number of hydrogen-bond donors (Lipinski definition) is 3. The molecule has 0 aromatic heterocycles. The summed E-state index contributed by atoms with van der Waals surface area (Å²) in [7, 11) is 0. The van der Waals surface area contributed by atoms with Gasteiger partial charge in [-0.05, 0) is 103 Å². The molecule has 1 aliphatic heterocycles. The first-order chi connectivity index (χ1) is 37.6. The average molecular weight is 1080 g/mol. The van der Waals surface area contributed by atoms with E-state index in [0.717, 1.165) is 128 Å². The Morgan fingerprint density at radius 1 is 0.442 bits per heavy atom. The van der Waals surface area contributed by atoms with Gasteiger partial charge in [0.1, 0.15) is 18.8 Å². The van der Waals surface area contributed by atoms with E-state index < -0.39 is 67.3 Å². The maximum absolute atomic E-state index is 13.2. The van der Waals surface area contributed by atoms with Crippen LogP contribution in [0.4, 0.5) is 0 Å². The van der Waals surface area contributed by atoms with Gasteiger partial charge in [0.2, 0.25) is 0 Å². The van der Waals surface area contributed by atoms with Crippen molar-refractivity contribution in [2.45, 2.75) is 263 Å². The molecule has 0 radical (unpaired) electrons. The van der Waals surface area contributed by atoms with E-state index in [1.165, 1.54) is 38.5 Å². The van der Waals surface area contributed by atoms with Crippen LogP contribution in [0, 0.1) is 0 Å². The van der Waals surface area contributed by atoms with Crippen LogP contribution >= 0.6 is 0 Å². The van der Waals surface area contributed by atoms with E-state index in [1.54, 1.807) is 0 Å². The van der Waals surface area contributed by atoms with Gasteiger partial charge in [-0.1, -0.05) is 214 Å². The number of hydrogen-bond acceptors (Lipinski definition) is 11. The number of carbonyl (C=O) groups is 4. The fourth-order valence-corrected chi connectivity index (χ4v) is 8.33. The molecule has 1 rings (SSSR count). The molecule has 0 aromatic rings. The Balaban J connectivity index is 2.73. The monoisotopic (exact) mass is 1080 g/mol. The van der Waals surface area contributed by atoms with Gasteiger partial charge < -0.3 is 39.0 Å². The van der Waals surface area contributed by atoms with Gasteiger partial charge in [0.15, 0.2) is 24.6 Å². The third kappa shape index (κ3) is 42.1. The molecule has 0 aliphatic carbocycles. The number of rotatable bonds is 49. The lowest BCUT2D eigenvalue weighted by atomic mass is 9.98. The first-order valence-corrected chi connectivity index (χ1v) is 29.9. The topological polar surface area (TPSA) is 175 Å². The van der Waals surface area contributed by atoms with Crippen molar-refractivity contribution in [3.63, 3.8) is 0 Å². The van der Waals surface area contributed by atoms with Crippen LogP contribution in [-0.2, 0) is 42.9 Å². The van der Waals surface area contributed by atoms with Gasteiger partial charge in [-0.15, -0.1) is 0 Å². The predicted octanol–water partition coefficient (Wildman–Crippen LogP) is 15.4. The predicted molar refractivity (Wildman–Crippen MR) is 312 cm³/mol. The molecule has 1 fully saturated rings. The number of ether oxygens (including phenoxy) is 5. The summed E-state index contributed by atoms with van der Waals surface area (Å²) in [6.07, 6.45) is 57.7. The zero-order valence-corrected chi connectivity index (χ0v) is 47.9. The van der Waals surface area contributed by atoms with Gasteiger partial charge >= 0.3 is 23.9 Å². The van der Waals surface area contributed by atoms with Crippen molar-refractivity contribution < 1.29 is 58.2 Å². The van der Waals surface area contributed by atoms with Crippen LogP contribution in [0.25, 0.3) is 0 Å². The molecule has 1 heterocycles. The Hall–Kier alpha value is -4.62. The molecule has 3 N–H and O–H groups in total.